The fraction of sp³-hybridized carbons (Fsp3) is 0.667. The largest absolute Gasteiger partial charge is 0.475 e. The van der Waals surface area contributed by atoms with Gasteiger partial charge in [-0.25, -0.2) is 9.18 Å². The third-order valence-corrected chi connectivity index (χ3v) is 1.34. The monoisotopic (exact) mass is 196 g/mol. The Kier molecular flexibility index (Phi) is 4.46. The van der Waals surface area contributed by atoms with Gasteiger partial charge in [0.2, 0.25) is 0 Å². The Hall–Kier alpha value is -1.05. The zero-order chi connectivity index (χ0) is 10.6. The van der Waals surface area contributed by atoms with Crippen LogP contribution >= 0.6 is 0 Å². The van der Waals surface area contributed by atoms with Gasteiger partial charge >= 0.3 is 5.97 Å². The van der Waals surface area contributed by atoms with Crippen LogP contribution in [0, 0.1) is 0 Å². The fourth-order valence-electron chi connectivity index (χ4n) is 0.582. The summed E-state index contributed by atoms with van der Waals surface area (Å²) in [4.78, 5) is 20.4. The minimum absolute atomic E-state index is 1.01. The van der Waals surface area contributed by atoms with Crippen LogP contribution < -0.4 is 0 Å². The minimum Gasteiger partial charge on any atom is -0.475 e. The average molecular weight is 196 g/mol. The number of carbonyl (C=O) groups excluding carboxylic acids is 1. The standard InChI is InChI=1S/C6H9FO6/c7-3(2(9)1-8)4(10)5(11)6(12)13/h2-4,8-10H,1H2,(H,12,13). The first-order chi connectivity index (χ1) is 5.91. The Morgan fingerprint density at radius 1 is 1.31 bits per heavy atom. The summed E-state index contributed by atoms with van der Waals surface area (Å²) >= 11 is 0. The second-order valence-corrected chi connectivity index (χ2v) is 2.31. The summed E-state index contributed by atoms with van der Waals surface area (Å²) in [7, 11) is 0. The van der Waals surface area contributed by atoms with Crippen LogP contribution in [0.4, 0.5) is 4.39 Å². The maximum atomic E-state index is 12.7. The van der Waals surface area contributed by atoms with Gasteiger partial charge in [-0.15, -0.1) is 0 Å². The first-order valence-corrected chi connectivity index (χ1v) is 3.30. The van der Waals surface area contributed by atoms with Gasteiger partial charge in [-0.2, -0.15) is 0 Å². The predicted molar refractivity (Wildman–Crippen MR) is 36.6 cm³/mol. The van der Waals surface area contributed by atoms with Crippen LogP contribution in [0.5, 0.6) is 0 Å². The lowest BCUT2D eigenvalue weighted by molar-refractivity contribution is -0.156. The number of halogens is 1. The highest BCUT2D eigenvalue weighted by atomic mass is 19.1. The fourth-order valence-corrected chi connectivity index (χ4v) is 0.582. The molecule has 0 radical (unpaired) electrons. The number of carbonyl (C=O) groups is 2. The number of Topliss-reactive ketones (excluding diaryl/α,β-unsaturated/α-hetero) is 1. The molecule has 0 fully saturated rings. The van der Waals surface area contributed by atoms with E-state index in [0.29, 0.717) is 0 Å². The number of aliphatic carboxylic acids is 1. The number of alkyl halides is 1. The summed E-state index contributed by atoms with van der Waals surface area (Å²) < 4.78 is 12.7. The molecule has 0 spiro atoms. The van der Waals surface area contributed by atoms with Gasteiger partial charge in [0, 0.05) is 0 Å². The first-order valence-electron chi connectivity index (χ1n) is 3.30. The zero-order valence-electron chi connectivity index (χ0n) is 6.42. The van der Waals surface area contributed by atoms with Crippen LogP contribution in [0.2, 0.25) is 0 Å². The van der Waals surface area contributed by atoms with Crippen molar-refractivity contribution in [1.82, 2.24) is 0 Å². The molecule has 3 unspecified atom stereocenters. The van der Waals surface area contributed by atoms with Crippen molar-refractivity contribution in [3.63, 3.8) is 0 Å². The number of ketones is 1. The molecule has 3 atom stereocenters. The molecule has 7 heteroatoms. The van der Waals surface area contributed by atoms with Crippen molar-refractivity contribution in [2.45, 2.75) is 18.4 Å². The van der Waals surface area contributed by atoms with E-state index < -0.39 is 36.7 Å². The first kappa shape index (κ1) is 11.9. The van der Waals surface area contributed by atoms with Crippen LogP contribution in [-0.4, -0.2) is 57.2 Å². The number of hydrogen-bond acceptors (Lipinski definition) is 5. The quantitative estimate of drug-likeness (QED) is 0.367. The lowest BCUT2D eigenvalue weighted by Crippen LogP contribution is -2.43. The summed E-state index contributed by atoms with van der Waals surface area (Å²) in [5.41, 5.74) is 0. The molecule has 0 amide bonds. The van der Waals surface area contributed by atoms with Gasteiger partial charge < -0.3 is 20.4 Å². The molecule has 0 heterocycles. The molecule has 0 aliphatic heterocycles. The molecule has 0 aromatic rings. The molecule has 0 aromatic carbocycles. The van der Waals surface area contributed by atoms with Gasteiger partial charge in [0.1, 0.15) is 6.10 Å². The van der Waals surface area contributed by atoms with Gasteiger partial charge in [-0.05, 0) is 0 Å². The second-order valence-electron chi connectivity index (χ2n) is 2.31. The van der Waals surface area contributed by atoms with E-state index in [2.05, 4.69) is 0 Å². The number of hydrogen-bond donors (Lipinski definition) is 4. The van der Waals surface area contributed by atoms with Gasteiger partial charge in [-0.3, -0.25) is 4.79 Å². The molecule has 6 nitrogen and oxygen atoms in total. The smallest absolute Gasteiger partial charge is 0.375 e. The maximum absolute atomic E-state index is 12.7. The molecule has 0 saturated carbocycles. The SMILES string of the molecule is O=C(O)C(=O)C(O)C(F)C(O)CO. The van der Waals surface area contributed by atoms with Gasteiger partial charge in [-0.1, -0.05) is 0 Å². The van der Waals surface area contributed by atoms with E-state index in [1.165, 1.54) is 0 Å². The number of aliphatic hydroxyl groups is 3. The summed E-state index contributed by atoms with van der Waals surface area (Å²) in [6.45, 7) is -1.01. The number of carboxylic acids is 1. The van der Waals surface area contributed by atoms with E-state index >= 15 is 0 Å². The predicted octanol–water partition coefficient (Wildman–Crippen LogP) is -2.31. The summed E-state index contributed by atoms with van der Waals surface area (Å²) in [6, 6.07) is 0. The Morgan fingerprint density at radius 2 is 1.77 bits per heavy atom. The zero-order valence-corrected chi connectivity index (χ0v) is 6.42. The Balaban J connectivity index is 4.33. The van der Waals surface area contributed by atoms with Crippen molar-refractivity contribution >= 4 is 11.8 Å². The van der Waals surface area contributed by atoms with Gasteiger partial charge in [0.25, 0.3) is 5.78 Å². The van der Waals surface area contributed by atoms with Crippen molar-refractivity contribution in [2.24, 2.45) is 0 Å². The molecule has 0 aromatic heterocycles. The molecular formula is C6H9FO6. The van der Waals surface area contributed by atoms with Crippen LogP contribution in [-0.2, 0) is 9.59 Å². The van der Waals surface area contributed by atoms with E-state index in [-0.39, 0.29) is 0 Å². The highest BCUT2D eigenvalue weighted by Crippen LogP contribution is 2.06. The van der Waals surface area contributed by atoms with Crippen molar-refractivity contribution in [1.29, 1.82) is 0 Å². The highest BCUT2D eigenvalue weighted by molar-refractivity contribution is 6.34. The van der Waals surface area contributed by atoms with Crippen LogP contribution in [0.15, 0.2) is 0 Å². The Morgan fingerprint density at radius 3 is 2.08 bits per heavy atom. The highest BCUT2D eigenvalue weighted by Gasteiger charge is 2.35. The minimum atomic E-state index is -2.51. The maximum Gasteiger partial charge on any atom is 0.375 e. The lowest BCUT2D eigenvalue weighted by Gasteiger charge is -2.16. The molecule has 0 aliphatic carbocycles. The van der Waals surface area contributed by atoms with Crippen LogP contribution in [0.25, 0.3) is 0 Å². The molecule has 13 heavy (non-hydrogen) atoms. The molecule has 0 bridgehead atoms. The van der Waals surface area contributed by atoms with Gasteiger partial charge in [0.15, 0.2) is 12.3 Å². The Bertz CT molecular complexity index is 205. The van der Waals surface area contributed by atoms with Crippen molar-refractivity contribution in [3.05, 3.63) is 0 Å². The summed E-state index contributed by atoms with van der Waals surface area (Å²) in [5, 5.41) is 33.5. The van der Waals surface area contributed by atoms with E-state index in [1.54, 1.807) is 0 Å². The normalized spacial score (nSPS) is 17.5. The van der Waals surface area contributed by atoms with Crippen molar-refractivity contribution in [3.8, 4) is 0 Å². The second kappa shape index (κ2) is 4.85. The number of aliphatic hydroxyl groups excluding tert-OH is 3. The van der Waals surface area contributed by atoms with Crippen LogP contribution in [0.1, 0.15) is 0 Å². The van der Waals surface area contributed by atoms with E-state index in [1.807, 2.05) is 0 Å². The van der Waals surface area contributed by atoms with E-state index in [4.69, 9.17) is 20.4 Å². The summed E-state index contributed by atoms with van der Waals surface area (Å²) in [6.07, 6.45) is -6.94. The van der Waals surface area contributed by atoms with E-state index in [9.17, 15) is 14.0 Å². The van der Waals surface area contributed by atoms with Crippen LogP contribution in [0.3, 0.4) is 0 Å². The average Bonchev–Trinajstić information content (AvgIpc) is 2.12. The third-order valence-electron chi connectivity index (χ3n) is 1.34. The molecule has 0 rings (SSSR count). The molecule has 0 aliphatic rings. The summed E-state index contributed by atoms with van der Waals surface area (Å²) in [5.74, 6) is -3.76. The third kappa shape index (κ3) is 3.05. The van der Waals surface area contributed by atoms with Crippen molar-refractivity contribution in [2.75, 3.05) is 6.61 Å². The van der Waals surface area contributed by atoms with E-state index in [0.717, 1.165) is 0 Å². The molecule has 76 valence electrons. The van der Waals surface area contributed by atoms with Crippen molar-refractivity contribution < 1.29 is 34.4 Å². The molecule has 0 saturated heterocycles. The van der Waals surface area contributed by atoms with Gasteiger partial charge in [0.05, 0.1) is 6.61 Å². The Labute approximate surface area is 72.2 Å². The number of rotatable bonds is 5. The topological polar surface area (TPSA) is 115 Å². The molecule has 4 N–H and O–H groups in total. The molecular weight excluding hydrogens is 187 g/mol. The number of carboxylic acid groups (broad SMARTS) is 1. The lowest BCUT2D eigenvalue weighted by atomic mass is 10.1.